The van der Waals surface area contributed by atoms with Crippen molar-refractivity contribution in [2.75, 3.05) is 6.54 Å². The molecule has 10 atom stereocenters. The Morgan fingerprint density at radius 2 is 1.78 bits per heavy atom. The first-order valence-electron chi connectivity index (χ1n) is 12.9. The quantitative estimate of drug-likeness (QED) is 0.496. The third-order valence-corrected chi connectivity index (χ3v) is 10.8. The van der Waals surface area contributed by atoms with E-state index in [1.807, 2.05) is 0 Å². The van der Waals surface area contributed by atoms with Crippen LogP contribution >= 0.6 is 0 Å². The minimum absolute atomic E-state index is 0.102. The van der Waals surface area contributed by atoms with Crippen LogP contribution in [0.4, 0.5) is 0 Å². The molecule has 0 aromatic heterocycles. The molecule has 4 aliphatic rings. The zero-order valence-electron chi connectivity index (χ0n) is 20.1. The van der Waals surface area contributed by atoms with Gasteiger partial charge in [0, 0.05) is 6.42 Å². The van der Waals surface area contributed by atoms with Crippen LogP contribution in [-0.2, 0) is 9.59 Å². The minimum Gasteiger partial charge on any atom is -0.480 e. The molecule has 4 saturated carbocycles. The zero-order valence-corrected chi connectivity index (χ0v) is 20.1. The largest absolute Gasteiger partial charge is 0.480 e. The molecule has 32 heavy (non-hydrogen) atoms. The van der Waals surface area contributed by atoms with Crippen molar-refractivity contribution in [3.05, 3.63) is 0 Å². The number of hydrogen-bond acceptors (Lipinski definition) is 4. The van der Waals surface area contributed by atoms with Gasteiger partial charge in [-0.15, -0.1) is 0 Å². The monoisotopic (exact) mass is 449 g/mol. The zero-order chi connectivity index (χ0) is 23.3. The van der Waals surface area contributed by atoms with Crippen LogP contribution in [0.15, 0.2) is 0 Å². The summed E-state index contributed by atoms with van der Waals surface area (Å²) >= 11 is 0. The number of carboxylic acid groups (broad SMARTS) is 1. The lowest BCUT2D eigenvalue weighted by molar-refractivity contribution is -0.175. The molecule has 4 aliphatic carbocycles. The summed E-state index contributed by atoms with van der Waals surface area (Å²) in [5.41, 5.74) is 0.145. The average Bonchev–Trinajstić information content (AvgIpc) is 3.10. The van der Waals surface area contributed by atoms with Gasteiger partial charge in [0.1, 0.15) is 6.54 Å². The summed E-state index contributed by atoms with van der Waals surface area (Å²) in [4.78, 5) is 22.7. The third kappa shape index (κ3) is 4.00. The molecule has 0 saturated heterocycles. The smallest absolute Gasteiger partial charge is 0.322 e. The maximum Gasteiger partial charge on any atom is 0.322 e. The average molecular weight is 450 g/mol. The fourth-order valence-electron chi connectivity index (χ4n) is 8.98. The summed E-state index contributed by atoms with van der Waals surface area (Å²) in [6.45, 7) is 6.65. The summed E-state index contributed by atoms with van der Waals surface area (Å²) in [7, 11) is 0. The van der Waals surface area contributed by atoms with E-state index in [1.54, 1.807) is 0 Å². The lowest BCUT2D eigenvalue weighted by Crippen LogP contribution is -2.58. The van der Waals surface area contributed by atoms with Crippen LogP contribution in [0, 0.1) is 46.3 Å². The fraction of sp³-hybridized carbons (Fsp3) is 0.923. The second-order valence-electron chi connectivity index (χ2n) is 12.1. The summed E-state index contributed by atoms with van der Waals surface area (Å²) in [5, 5.41) is 33.0. The lowest BCUT2D eigenvalue weighted by Gasteiger charge is -2.62. The number of carboxylic acids is 1. The number of fused-ring (bicyclic) bond motifs is 5. The van der Waals surface area contributed by atoms with Gasteiger partial charge in [0.15, 0.2) is 0 Å². The van der Waals surface area contributed by atoms with Crippen LogP contribution in [0.1, 0.15) is 85.0 Å². The van der Waals surface area contributed by atoms with Crippen LogP contribution in [0.3, 0.4) is 0 Å². The summed E-state index contributed by atoms with van der Waals surface area (Å²) in [6.07, 6.45) is 9.12. The molecule has 6 nitrogen and oxygen atoms in total. The van der Waals surface area contributed by atoms with E-state index >= 15 is 0 Å². The van der Waals surface area contributed by atoms with Gasteiger partial charge < -0.3 is 20.6 Å². The van der Waals surface area contributed by atoms with Crippen LogP contribution in [0.5, 0.6) is 0 Å². The van der Waals surface area contributed by atoms with Crippen molar-refractivity contribution >= 4 is 11.9 Å². The molecule has 0 radical (unpaired) electrons. The van der Waals surface area contributed by atoms with Crippen molar-refractivity contribution in [3.63, 3.8) is 0 Å². The normalized spacial score (nSPS) is 46.5. The molecule has 4 N–H and O–H groups in total. The van der Waals surface area contributed by atoms with Crippen molar-refractivity contribution in [2.45, 2.75) is 97.2 Å². The SMILES string of the molecule is C[C@H](CCC(=O)NCC(=O)O)C1CC[C@@H]2[C@@H]3CC[C@H]4C[C@H](O)CC[C@]4(C)[C@@H]3C[C@H](O)[C@@]12C. The highest BCUT2D eigenvalue weighted by Crippen LogP contribution is 2.68. The fourth-order valence-corrected chi connectivity index (χ4v) is 8.98. The number of aliphatic hydroxyl groups excluding tert-OH is 2. The topological polar surface area (TPSA) is 107 Å². The van der Waals surface area contributed by atoms with Gasteiger partial charge in [-0.3, -0.25) is 9.59 Å². The van der Waals surface area contributed by atoms with Gasteiger partial charge in [-0.05, 0) is 104 Å². The highest BCUT2D eigenvalue weighted by atomic mass is 16.4. The van der Waals surface area contributed by atoms with Crippen molar-refractivity contribution in [1.82, 2.24) is 5.32 Å². The Morgan fingerprint density at radius 3 is 2.50 bits per heavy atom. The maximum absolute atomic E-state index is 12.0. The van der Waals surface area contributed by atoms with Gasteiger partial charge >= 0.3 is 5.97 Å². The predicted molar refractivity (Wildman–Crippen MR) is 122 cm³/mol. The second-order valence-corrected chi connectivity index (χ2v) is 12.1. The van der Waals surface area contributed by atoms with Crippen molar-refractivity contribution in [2.24, 2.45) is 46.3 Å². The van der Waals surface area contributed by atoms with Gasteiger partial charge in [-0.25, -0.2) is 0 Å². The first kappa shape index (κ1) is 24.0. The molecule has 0 aromatic rings. The van der Waals surface area contributed by atoms with Crippen molar-refractivity contribution < 1.29 is 24.9 Å². The van der Waals surface area contributed by atoms with Crippen LogP contribution in [0.25, 0.3) is 0 Å². The number of carbonyl (C=O) groups excluding carboxylic acids is 1. The summed E-state index contributed by atoms with van der Waals surface area (Å²) in [5.74, 6) is 1.84. The van der Waals surface area contributed by atoms with Gasteiger partial charge in [0.2, 0.25) is 5.91 Å². The first-order chi connectivity index (χ1) is 15.1. The molecule has 0 spiro atoms. The number of nitrogens with one attached hydrogen (secondary N) is 1. The van der Waals surface area contributed by atoms with E-state index in [-0.39, 0.29) is 35.5 Å². The molecule has 182 valence electrons. The summed E-state index contributed by atoms with van der Waals surface area (Å²) in [6, 6.07) is 0. The van der Waals surface area contributed by atoms with E-state index in [9.17, 15) is 19.8 Å². The molecule has 0 aromatic carbocycles. The molecule has 0 bridgehead atoms. The Labute approximate surface area is 192 Å². The Hall–Kier alpha value is -1.14. The Balaban J connectivity index is 1.45. The van der Waals surface area contributed by atoms with Gasteiger partial charge in [0.25, 0.3) is 0 Å². The van der Waals surface area contributed by atoms with E-state index in [4.69, 9.17) is 5.11 Å². The molecular weight excluding hydrogens is 406 g/mol. The van der Waals surface area contributed by atoms with E-state index in [2.05, 4.69) is 26.1 Å². The third-order valence-electron chi connectivity index (χ3n) is 10.8. The Bertz CT molecular complexity index is 727. The van der Waals surface area contributed by atoms with E-state index in [1.165, 1.54) is 12.8 Å². The molecule has 1 amide bonds. The highest BCUT2D eigenvalue weighted by molar-refractivity contribution is 5.81. The van der Waals surface area contributed by atoms with Gasteiger partial charge in [0.05, 0.1) is 12.2 Å². The number of carbonyl (C=O) groups is 2. The molecular formula is C26H43NO5. The predicted octanol–water partition coefficient (Wildman–Crippen LogP) is 3.59. The number of rotatable bonds is 6. The molecule has 4 rings (SSSR count). The van der Waals surface area contributed by atoms with Crippen molar-refractivity contribution in [3.8, 4) is 0 Å². The molecule has 1 unspecified atom stereocenters. The minimum atomic E-state index is -1.02. The van der Waals surface area contributed by atoms with Gasteiger partial charge in [-0.2, -0.15) is 0 Å². The van der Waals surface area contributed by atoms with E-state index in [0.29, 0.717) is 41.9 Å². The van der Waals surface area contributed by atoms with Crippen molar-refractivity contribution in [1.29, 1.82) is 0 Å². The van der Waals surface area contributed by atoms with E-state index in [0.717, 1.165) is 44.9 Å². The van der Waals surface area contributed by atoms with Crippen LogP contribution < -0.4 is 5.32 Å². The lowest BCUT2D eigenvalue weighted by atomic mass is 9.43. The Morgan fingerprint density at radius 1 is 1.03 bits per heavy atom. The Kier molecular flexibility index (Phi) is 6.68. The number of amides is 1. The first-order valence-corrected chi connectivity index (χ1v) is 12.9. The summed E-state index contributed by atoms with van der Waals surface area (Å²) < 4.78 is 0. The molecule has 4 fully saturated rings. The number of hydrogen-bond donors (Lipinski definition) is 4. The number of aliphatic hydroxyl groups is 2. The molecule has 0 heterocycles. The van der Waals surface area contributed by atoms with Crippen LogP contribution in [0.2, 0.25) is 0 Å². The van der Waals surface area contributed by atoms with Crippen LogP contribution in [-0.4, -0.2) is 45.9 Å². The maximum atomic E-state index is 12.0. The second kappa shape index (κ2) is 8.90. The molecule has 6 heteroatoms. The number of aliphatic carboxylic acids is 1. The highest BCUT2D eigenvalue weighted by Gasteiger charge is 2.63. The molecule has 0 aliphatic heterocycles. The van der Waals surface area contributed by atoms with Gasteiger partial charge in [-0.1, -0.05) is 20.8 Å². The standard InChI is InChI=1S/C26H43NO5/c1-15(4-9-23(30)27-14-24(31)32)19-7-8-20-18-6-5-16-12-17(28)10-11-25(16,2)21(18)13-22(29)26(19,20)3/h15-22,28-29H,4-14H2,1-3H3,(H,27,30)(H,31,32)/t15-,16+,17-,18+,19?,20-,21-,22+,25+,26+/m1/s1. The van der Waals surface area contributed by atoms with E-state index < -0.39 is 5.97 Å².